The van der Waals surface area contributed by atoms with Gasteiger partial charge in [0.2, 0.25) is 0 Å². The number of methoxy groups -OCH3 is 2. The molecule has 0 saturated carbocycles. The second kappa shape index (κ2) is 7.72. The Morgan fingerprint density at radius 2 is 1.85 bits per heavy atom. The topological polar surface area (TPSA) is 77.0 Å². The van der Waals surface area contributed by atoms with Gasteiger partial charge in [-0.25, -0.2) is 4.68 Å². The van der Waals surface area contributed by atoms with Crippen molar-refractivity contribution in [3.63, 3.8) is 0 Å². The molecule has 0 aliphatic carbocycles. The number of anilines is 1. The average molecular weight is 457 g/mol. The van der Waals surface area contributed by atoms with E-state index in [4.69, 9.17) is 9.47 Å². The summed E-state index contributed by atoms with van der Waals surface area (Å²) in [5, 5.41) is 15.4. The Hall–Kier alpha value is -3.69. The number of aromatic amines is 1. The van der Waals surface area contributed by atoms with Crippen molar-refractivity contribution < 1.29 is 22.6 Å². The molecule has 10 heteroatoms. The highest BCUT2D eigenvalue weighted by atomic mass is 19.4. The van der Waals surface area contributed by atoms with Gasteiger partial charge in [0.05, 0.1) is 37.7 Å². The van der Waals surface area contributed by atoms with Crippen LogP contribution in [-0.2, 0) is 0 Å². The Morgan fingerprint density at radius 1 is 1.06 bits per heavy atom. The fourth-order valence-corrected chi connectivity index (χ4v) is 4.37. The summed E-state index contributed by atoms with van der Waals surface area (Å²) < 4.78 is 53.9. The van der Waals surface area contributed by atoms with Crippen molar-refractivity contribution in [2.75, 3.05) is 19.5 Å². The molecule has 3 heterocycles. The molecule has 1 aliphatic rings. The van der Waals surface area contributed by atoms with E-state index in [0.717, 1.165) is 26.7 Å². The minimum Gasteiger partial charge on any atom is -0.493 e. The number of aryl methyl sites for hydroxylation is 1. The van der Waals surface area contributed by atoms with Gasteiger partial charge in [-0.15, -0.1) is 0 Å². The van der Waals surface area contributed by atoms with E-state index < -0.39 is 18.3 Å². The number of benzene rings is 2. The van der Waals surface area contributed by atoms with Crippen LogP contribution < -0.4 is 14.8 Å². The van der Waals surface area contributed by atoms with E-state index in [-0.39, 0.29) is 6.42 Å². The first-order valence-electron chi connectivity index (χ1n) is 10.4. The van der Waals surface area contributed by atoms with Crippen molar-refractivity contribution in [2.24, 2.45) is 0 Å². The molecule has 1 aliphatic heterocycles. The van der Waals surface area contributed by atoms with Gasteiger partial charge in [0.1, 0.15) is 5.82 Å². The maximum absolute atomic E-state index is 14.1. The molecule has 0 unspecified atom stereocenters. The summed E-state index contributed by atoms with van der Waals surface area (Å²) in [4.78, 5) is 0. The second-order valence-electron chi connectivity index (χ2n) is 8.09. The number of halogens is 3. The molecule has 2 atom stereocenters. The molecule has 0 fully saturated rings. The number of alkyl halides is 3. The van der Waals surface area contributed by atoms with Gasteiger partial charge in [-0.05, 0) is 42.3 Å². The fourth-order valence-electron chi connectivity index (χ4n) is 4.37. The fraction of sp³-hybridized carbons (Fsp3) is 0.304. The summed E-state index contributed by atoms with van der Waals surface area (Å²) >= 11 is 0. The molecule has 0 radical (unpaired) electrons. The molecule has 2 aromatic heterocycles. The molecule has 33 heavy (non-hydrogen) atoms. The number of hydrogen-bond acceptors (Lipinski definition) is 5. The Bertz CT molecular complexity index is 1330. The van der Waals surface area contributed by atoms with Gasteiger partial charge >= 0.3 is 6.18 Å². The zero-order valence-corrected chi connectivity index (χ0v) is 18.2. The van der Waals surface area contributed by atoms with Crippen LogP contribution in [0.1, 0.15) is 29.6 Å². The summed E-state index contributed by atoms with van der Waals surface area (Å²) in [6.45, 7) is 1.90. The summed E-state index contributed by atoms with van der Waals surface area (Å²) in [5.74, 6) is 1.28. The predicted octanol–water partition coefficient (Wildman–Crippen LogP) is 5.41. The van der Waals surface area contributed by atoms with Crippen LogP contribution in [0.5, 0.6) is 11.5 Å². The number of aromatic nitrogens is 4. The zero-order valence-electron chi connectivity index (χ0n) is 18.2. The molecule has 2 N–H and O–H groups in total. The summed E-state index contributed by atoms with van der Waals surface area (Å²) in [7, 11) is 3.01. The highest BCUT2D eigenvalue weighted by molar-refractivity contribution is 5.85. The third-order valence-corrected chi connectivity index (χ3v) is 6.06. The van der Waals surface area contributed by atoms with Crippen molar-refractivity contribution in [3.05, 3.63) is 53.7 Å². The molecule has 5 rings (SSSR count). The van der Waals surface area contributed by atoms with Crippen LogP contribution in [0.25, 0.3) is 22.2 Å². The molecule has 0 spiro atoms. The first-order chi connectivity index (χ1) is 15.8. The maximum atomic E-state index is 14.1. The highest BCUT2D eigenvalue weighted by Gasteiger charge is 2.46. The van der Waals surface area contributed by atoms with Crippen LogP contribution in [0.4, 0.5) is 19.0 Å². The number of fused-ring (bicyclic) bond motifs is 2. The van der Waals surface area contributed by atoms with Gasteiger partial charge in [-0.1, -0.05) is 6.07 Å². The molecule has 172 valence electrons. The SMILES string of the molecule is COc1ccc([C@@H]2C[C@H](C(F)(F)F)n3nc(-c4cc5[nH]ncc5cc4C)cc3N2)cc1OC. The number of H-pyrrole nitrogens is 1. The highest BCUT2D eigenvalue weighted by Crippen LogP contribution is 2.45. The lowest BCUT2D eigenvalue weighted by molar-refractivity contribution is -0.173. The van der Waals surface area contributed by atoms with Crippen LogP contribution >= 0.6 is 0 Å². The molecular weight excluding hydrogens is 435 g/mol. The zero-order chi connectivity index (χ0) is 23.3. The molecule has 2 aromatic carbocycles. The summed E-state index contributed by atoms with van der Waals surface area (Å²) in [5.41, 5.74) is 3.59. The van der Waals surface area contributed by atoms with E-state index in [1.165, 1.54) is 14.2 Å². The van der Waals surface area contributed by atoms with E-state index in [0.29, 0.717) is 28.6 Å². The second-order valence-corrected chi connectivity index (χ2v) is 8.09. The van der Waals surface area contributed by atoms with Crippen molar-refractivity contribution in [3.8, 4) is 22.8 Å². The first-order valence-corrected chi connectivity index (χ1v) is 10.4. The van der Waals surface area contributed by atoms with E-state index in [1.54, 1.807) is 30.5 Å². The molecule has 0 bridgehead atoms. The van der Waals surface area contributed by atoms with E-state index >= 15 is 0 Å². The smallest absolute Gasteiger partial charge is 0.410 e. The minimum atomic E-state index is -4.46. The molecule has 0 amide bonds. The number of nitrogens with one attached hydrogen (secondary N) is 2. The lowest BCUT2D eigenvalue weighted by Gasteiger charge is -2.33. The normalized spacial score (nSPS) is 18.1. The molecule has 7 nitrogen and oxygen atoms in total. The minimum absolute atomic E-state index is 0.203. The van der Waals surface area contributed by atoms with Crippen molar-refractivity contribution in [1.29, 1.82) is 0 Å². The van der Waals surface area contributed by atoms with Gasteiger partial charge in [-0.3, -0.25) is 5.10 Å². The van der Waals surface area contributed by atoms with Gasteiger partial charge in [0, 0.05) is 23.4 Å². The van der Waals surface area contributed by atoms with Gasteiger partial charge < -0.3 is 14.8 Å². The van der Waals surface area contributed by atoms with E-state index in [2.05, 4.69) is 20.6 Å². The predicted molar refractivity (Wildman–Crippen MR) is 118 cm³/mol. The Kier molecular flexibility index (Phi) is 4.95. The molecular formula is C23H22F3N5O2. The third kappa shape index (κ3) is 3.65. The van der Waals surface area contributed by atoms with Crippen molar-refractivity contribution in [1.82, 2.24) is 20.0 Å². The molecule has 0 saturated heterocycles. The number of nitrogens with zero attached hydrogens (tertiary/aromatic N) is 3. The van der Waals surface area contributed by atoms with Crippen LogP contribution in [0.15, 0.2) is 42.6 Å². The Balaban J connectivity index is 1.57. The largest absolute Gasteiger partial charge is 0.493 e. The van der Waals surface area contributed by atoms with Crippen LogP contribution in [0, 0.1) is 6.92 Å². The lowest BCUT2D eigenvalue weighted by Crippen LogP contribution is -2.35. The van der Waals surface area contributed by atoms with Gasteiger partial charge in [0.15, 0.2) is 17.5 Å². The number of hydrogen-bond donors (Lipinski definition) is 2. The summed E-state index contributed by atoms with van der Waals surface area (Å²) in [6, 6.07) is 8.26. The van der Waals surface area contributed by atoms with Crippen molar-refractivity contribution >= 4 is 16.7 Å². The van der Waals surface area contributed by atoms with Crippen LogP contribution in [-0.4, -0.2) is 40.4 Å². The monoisotopic (exact) mass is 457 g/mol. The first kappa shape index (κ1) is 21.2. The number of rotatable bonds is 4. The third-order valence-electron chi connectivity index (χ3n) is 6.06. The van der Waals surface area contributed by atoms with Gasteiger partial charge in [-0.2, -0.15) is 23.4 Å². The standard InChI is InChI=1S/C23H22F3N5O2/c1-12-6-14-11-27-29-17(14)8-15(12)18-10-22-28-16(9-21(23(24,25)26)31(22)30-18)13-4-5-19(32-2)20(7-13)33-3/h4-8,10-11,16,21,28H,9H2,1-3H3,(H,27,29)/t16-,21+/m0/s1. The Morgan fingerprint density at radius 3 is 2.58 bits per heavy atom. The summed E-state index contributed by atoms with van der Waals surface area (Å²) in [6.07, 6.45) is -2.96. The maximum Gasteiger partial charge on any atom is 0.410 e. The van der Waals surface area contributed by atoms with Crippen LogP contribution in [0.2, 0.25) is 0 Å². The van der Waals surface area contributed by atoms with Crippen molar-refractivity contribution in [2.45, 2.75) is 31.6 Å². The Labute approximate surface area is 187 Å². The quantitative estimate of drug-likeness (QED) is 0.428. The van der Waals surface area contributed by atoms with E-state index in [1.807, 2.05) is 19.1 Å². The van der Waals surface area contributed by atoms with Crippen LogP contribution in [0.3, 0.4) is 0 Å². The van der Waals surface area contributed by atoms with E-state index in [9.17, 15) is 13.2 Å². The van der Waals surface area contributed by atoms with Gasteiger partial charge in [0.25, 0.3) is 0 Å². The average Bonchev–Trinajstić information content (AvgIpc) is 3.42. The lowest BCUT2D eigenvalue weighted by atomic mass is 9.96. The number of ether oxygens (including phenoxy) is 2. The molecule has 4 aromatic rings.